The monoisotopic (exact) mass is 543 g/mol. The largest absolute Gasteiger partial charge is 0.350 e. The molecule has 0 bridgehead atoms. The molecule has 2 N–H and O–H groups in total. The number of para-hydroxylation sites is 1. The molecule has 0 spiro atoms. The molecule has 1 atom stereocenters. The molecule has 3 aromatic rings. The van der Waals surface area contributed by atoms with E-state index in [2.05, 4.69) is 26.6 Å². The predicted molar refractivity (Wildman–Crippen MR) is 137 cm³/mol. The molecular formula is C25H26BrN3O4S. The molecule has 0 aromatic heterocycles. The molecule has 0 heterocycles. The Bertz CT molecular complexity index is 1250. The van der Waals surface area contributed by atoms with Gasteiger partial charge in [-0.15, -0.1) is 0 Å². The highest BCUT2D eigenvalue weighted by molar-refractivity contribution is 9.10. The molecule has 0 saturated carbocycles. The maximum Gasteiger partial charge on any atom is 0.264 e. The first kappa shape index (κ1) is 25.5. The summed E-state index contributed by atoms with van der Waals surface area (Å²) >= 11 is 3.34. The van der Waals surface area contributed by atoms with Crippen molar-refractivity contribution >= 4 is 49.1 Å². The summed E-state index contributed by atoms with van der Waals surface area (Å²) in [6.45, 7) is 3.38. The molecular weight excluding hydrogens is 518 g/mol. The van der Waals surface area contributed by atoms with Crippen LogP contribution in [0.3, 0.4) is 0 Å². The molecule has 0 aliphatic heterocycles. The van der Waals surface area contributed by atoms with Gasteiger partial charge >= 0.3 is 0 Å². The molecule has 34 heavy (non-hydrogen) atoms. The minimum atomic E-state index is -4.02. The Morgan fingerprint density at radius 1 is 0.941 bits per heavy atom. The Labute approximate surface area is 208 Å². The molecule has 178 valence electrons. The summed E-state index contributed by atoms with van der Waals surface area (Å²) in [7, 11) is -4.02. The van der Waals surface area contributed by atoms with E-state index in [9.17, 15) is 18.0 Å². The van der Waals surface area contributed by atoms with Crippen molar-refractivity contribution in [3.8, 4) is 0 Å². The molecule has 0 fully saturated rings. The van der Waals surface area contributed by atoms with Crippen molar-refractivity contribution in [1.82, 2.24) is 5.32 Å². The number of anilines is 2. The fourth-order valence-electron chi connectivity index (χ4n) is 3.16. The number of amides is 2. The number of halogens is 1. The van der Waals surface area contributed by atoms with Gasteiger partial charge in [0.25, 0.3) is 15.9 Å². The second-order valence-corrected chi connectivity index (χ2v) is 10.5. The van der Waals surface area contributed by atoms with Gasteiger partial charge in [0.05, 0.1) is 21.8 Å². The Kier molecular flexibility index (Phi) is 8.46. The highest BCUT2D eigenvalue weighted by Gasteiger charge is 2.27. The lowest BCUT2D eigenvalue weighted by molar-refractivity contribution is -0.114. The molecule has 3 rings (SSSR count). The van der Waals surface area contributed by atoms with Crippen LogP contribution in [-0.2, 0) is 14.8 Å². The summed E-state index contributed by atoms with van der Waals surface area (Å²) in [5.41, 5.74) is 0.948. The number of nitrogens with one attached hydrogen (secondary N) is 2. The summed E-state index contributed by atoms with van der Waals surface area (Å²) in [6, 6.07) is 21.2. The average Bonchev–Trinajstić information content (AvgIpc) is 2.84. The van der Waals surface area contributed by atoms with E-state index < -0.39 is 22.5 Å². The van der Waals surface area contributed by atoms with Crippen LogP contribution >= 0.6 is 15.9 Å². The molecule has 2 amide bonds. The van der Waals surface area contributed by atoms with Crippen molar-refractivity contribution in [2.45, 2.75) is 31.2 Å². The number of hydrogen-bond donors (Lipinski definition) is 2. The summed E-state index contributed by atoms with van der Waals surface area (Å²) in [4.78, 5) is 25.8. The summed E-state index contributed by atoms with van der Waals surface area (Å²) in [6.07, 6.45) is 0.764. The summed E-state index contributed by atoms with van der Waals surface area (Å²) in [5.74, 6) is -0.891. The van der Waals surface area contributed by atoms with Crippen molar-refractivity contribution in [2.24, 2.45) is 0 Å². The van der Waals surface area contributed by atoms with Crippen LogP contribution in [0.15, 0.2) is 88.2 Å². The second-order valence-electron chi connectivity index (χ2n) is 7.68. The van der Waals surface area contributed by atoms with Crippen LogP contribution in [0.5, 0.6) is 0 Å². The first-order valence-electron chi connectivity index (χ1n) is 10.8. The van der Waals surface area contributed by atoms with Gasteiger partial charge in [-0.1, -0.05) is 53.2 Å². The smallest absolute Gasteiger partial charge is 0.264 e. The third-order valence-electron chi connectivity index (χ3n) is 5.17. The zero-order chi connectivity index (χ0) is 24.7. The molecule has 7 nitrogen and oxygen atoms in total. The van der Waals surface area contributed by atoms with E-state index >= 15 is 0 Å². The van der Waals surface area contributed by atoms with Gasteiger partial charge in [-0.05, 0) is 61.9 Å². The number of carbonyl (C=O) groups is 2. The average molecular weight is 544 g/mol. The normalized spacial score (nSPS) is 12.0. The van der Waals surface area contributed by atoms with Gasteiger partial charge in [0.1, 0.15) is 6.54 Å². The quantitative estimate of drug-likeness (QED) is 0.404. The molecule has 0 saturated heterocycles. The van der Waals surface area contributed by atoms with Gasteiger partial charge < -0.3 is 10.6 Å². The maximum absolute atomic E-state index is 13.4. The lowest BCUT2D eigenvalue weighted by Crippen LogP contribution is -2.38. The van der Waals surface area contributed by atoms with Crippen molar-refractivity contribution in [2.75, 3.05) is 16.2 Å². The van der Waals surface area contributed by atoms with Crippen LogP contribution in [0.1, 0.15) is 30.6 Å². The Morgan fingerprint density at radius 2 is 1.56 bits per heavy atom. The third-order valence-corrected chi connectivity index (χ3v) is 7.49. The molecule has 0 unspecified atom stereocenters. The van der Waals surface area contributed by atoms with Crippen LogP contribution in [0.2, 0.25) is 0 Å². The summed E-state index contributed by atoms with van der Waals surface area (Å²) in [5, 5.41) is 5.58. The van der Waals surface area contributed by atoms with E-state index in [4.69, 9.17) is 0 Å². The topological polar surface area (TPSA) is 95.6 Å². The number of sulfonamides is 1. The Morgan fingerprint density at radius 3 is 2.21 bits per heavy atom. The van der Waals surface area contributed by atoms with Crippen LogP contribution in [-0.4, -0.2) is 32.8 Å². The number of nitrogens with zero attached hydrogens (tertiary/aromatic N) is 1. The fourth-order valence-corrected chi connectivity index (χ4v) is 4.86. The number of hydrogen-bond acceptors (Lipinski definition) is 4. The zero-order valence-corrected chi connectivity index (χ0v) is 21.3. The number of rotatable bonds is 9. The van der Waals surface area contributed by atoms with E-state index in [0.717, 1.165) is 15.2 Å². The van der Waals surface area contributed by atoms with Crippen LogP contribution < -0.4 is 14.9 Å². The van der Waals surface area contributed by atoms with Gasteiger partial charge in [-0.25, -0.2) is 8.42 Å². The van der Waals surface area contributed by atoms with Crippen molar-refractivity contribution in [3.05, 3.63) is 88.9 Å². The van der Waals surface area contributed by atoms with Gasteiger partial charge in [-0.2, -0.15) is 0 Å². The predicted octanol–water partition coefficient (Wildman–Crippen LogP) is 4.81. The number of carbonyl (C=O) groups excluding carboxylic acids is 2. The van der Waals surface area contributed by atoms with E-state index in [1.165, 1.54) is 12.1 Å². The second kappa shape index (κ2) is 11.3. The first-order chi connectivity index (χ1) is 16.2. The standard InChI is InChI=1S/C25H26BrN3O4S/c1-3-18(2)27-25(31)22-11-7-8-12-23(22)28-24(30)17-29(20-15-13-19(26)14-16-20)34(32,33)21-9-5-4-6-10-21/h4-16,18H,3,17H2,1-2H3,(H,27,31)(H,28,30)/t18-/m1/s1. The maximum atomic E-state index is 13.4. The highest BCUT2D eigenvalue weighted by Crippen LogP contribution is 2.25. The molecule has 3 aromatic carbocycles. The van der Waals surface area contributed by atoms with E-state index in [-0.39, 0.29) is 16.8 Å². The van der Waals surface area contributed by atoms with Crippen LogP contribution in [0.25, 0.3) is 0 Å². The van der Waals surface area contributed by atoms with E-state index in [1.807, 2.05) is 13.8 Å². The van der Waals surface area contributed by atoms with Gasteiger partial charge in [0.15, 0.2) is 0 Å². The van der Waals surface area contributed by atoms with Gasteiger partial charge in [0, 0.05) is 10.5 Å². The zero-order valence-electron chi connectivity index (χ0n) is 18.9. The molecule has 9 heteroatoms. The van der Waals surface area contributed by atoms with Crippen LogP contribution in [0, 0.1) is 0 Å². The Hall–Kier alpha value is -3.17. The van der Waals surface area contributed by atoms with Crippen molar-refractivity contribution in [3.63, 3.8) is 0 Å². The first-order valence-corrected chi connectivity index (χ1v) is 13.0. The minimum absolute atomic E-state index is 0.0276. The van der Waals surface area contributed by atoms with Gasteiger partial charge in [-0.3, -0.25) is 13.9 Å². The lowest BCUT2D eigenvalue weighted by atomic mass is 10.1. The lowest BCUT2D eigenvalue weighted by Gasteiger charge is -2.24. The molecule has 0 radical (unpaired) electrons. The number of benzene rings is 3. The minimum Gasteiger partial charge on any atom is -0.350 e. The Balaban J connectivity index is 1.89. The SMILES string of the molecule is CC[C@@H](C)NC(=O)c1ccccc1NC(=O)CN(c1ccc(Br)cc1)S(=O)(=O)c1ccccc1. The van der Waals surface area contributed by atoms with E-state index in [1.54, 1.807) is 66.7 Å². The third kappa shape index (κ3) is 6.24. The van der Waals surface area contributed by atoms with Crippen LogP contribution in [0.4, 0.5) is 11.4 Å². The fraction of sp³-hybridized carbons (Fsp3) is 0.200. The van der Waals surface area contributed by atoms with Crippen molar-refractivity contribution < 1.29 is 18.0 Å². The van der Waals surface area contributed by atoms with E-state index in [0.29, 0.717) is 16.9 Å². The van der Waals surface area contributed by atoms with Crippen molar-refractivity contribution in [1.29, 1.82) is 0 Å². The molecule has 0 aliphatic rings. The van der Waals surface area contributed by atoms with Gasteiger partial charge in [0.2, 0.25) is 5.91 Å². The highest BCUT2D eigenvalue weighted by atomic mass is 79.9. The summed E-state index contributed by atoms with van der Waals surface area (Å²) < 4.78 is 28.6. The molecule has 0 aliphatic carbocycles.